The minimum absolute atomic E-state index is 0.171. The third-order valence-corrected chi connectivity index (χ3v) is 5.86. The molecule has 2 saturated heterocycles. The van der Waals surface area contributed by atoms with E-state index < -0.39 is 0 Å². The molecule has 0 aliphatic carbocycles. The molecule has 0 unspecified atom stereocenters. The zero-order valence-corrected chi connectivity index (χ0v) is 16.6. The third kappa shape index (κ3) is 4.38. The van der Waals surface area contributed by atoms with Crippen LogP contribution in [0.2, 0.25) is 0 Å². The number of aliphatic hydroxyl groups is 1. The zero-order valence-electron chi connectivity index (χ0n) is 16.6. The summed E-state index contributed by atoms with van der Waals surface area (Å²) in [6.07, 6.45) is 7.22. The van der Waals surface area contributed by atoms with Crippen LogP contribution in [0.25, 0.3) is 0 Å². The molecule has 1 atom stereocenters. The van der Waals surface area contributed by atoms with Crippen LogP contribution < -0.4 is 14.5 Å². The molecule has 28 heavy (non-hydrogen) atoms. The Bertz CT molecular complexity index is 759. The summed E-state index contributed by atoms with van der Waals surface area (Å²) >= 11 is 0. The fraction of sp³-hybridized carbons (Fsp3) is 0.545. The predicted octanol–water partition coefficient (Wildman–Crippen LogP) is 3.18. The van der Waals surface area contributed by atoms with Gasteiger partial charge < -0.3 is 19.6 Å². The number of ether oxygens (including phenoxy) is 1. The molecule has 2 aromatic rings. The van der Waals surface area contributed by atoms with Crippen LogP contribution in [-0.4, -0.2) is 53.5 Å². The molecule has 0 saturated carbocycles. The summed E-state index contributed by atoms with van der Waals surface area (Å²) in [5.41, 5.74) is 1.25. The molecule has 1 aromatic carbocycles. The Kier molecular flexibility index (Phi) is 5.95. The van der Waals surface area contributed by atoms with E-state index in [0.29, 0.717) is 0 Å². The van der Waals surface area contributed by atoms with Gasteiger partial charge in [-0.05, 0) is 38.3 Å². The fourth-order valence-electron chi connectivity index (χ4n) is 4.17. The third-order valence-electron chi connectivity index (χ3n) is 5.86. The van der Waals surface area contributed by atoms with Crippen LogP contribution in [-0.2, 0) is 0 Å². The number of nitrogens with zero attached hydrogens (tertiary/aromatic N) is 4. The van der Waals surface area contributed by atoms with Crippen molar-refractivity contribution < 1.29 is 9.84 Å². The minimum atomic E-state index is 0.171. The summed E-state index contributed by atoms with van der Waals surface area (Å²) in [6, 6.07) is 10.5. The first-order valence-corrected chi connectivity index (χ1v) is 10.4. The monoisotopic (exact) mass is 382 g/mol. The average molecular weight is 383 g/mol. The van der Waals surface area contributed by atoms with Crippen LogP contribution >= 0.6 is 0 Å². The summed E-state index contributed by atoms with van der Waals surface area (Å²) < 4.78 is 6.15. The predicted molar refractivity (Wildman–Crippen MR) is 111 cm³/mol. The van der Waals surface area contributed by atoms with Crippen LogP contribution in [0.5, 0.6) is 5.75 Å². The van der Waals surface area contributed by atoms with Gasteiger partial charge in [-0.25, -0.2) is 9.97 Å². The number of hydrogen-bond acceptors (Lipinski definition) is 6. The first-order valence-electron chi connectivity index (χ1n) is 10.4. The minimum Gasteiger partial charge on any atom is -0.490 e. The summed E-state index contributed by atoms with van der Waals surface area (Å²) in [4.78, 5) is 13.6. The zero-order chi connectivity index (χ0) is 19.3. The van der Waals surface area contributed by atoms with Crippen molar-refractivity contribution in [1.29, 1.82) is 0 Å². The van der Waals surface area contributed by atoms with E-state index in [0.717, 1.165) is 62.7 Å². The van der Waals surface area contributed by atoms with E-state index in [4.69, 9.17) is 4.74 Å². The van der Waals surface area contributed by atoms with Gasteiger partial charge in [0.2, 0.25) is 0 Å². The number of aromatic nitrogens is 2. The Balaban J connectivity index is 1.37. The lowest BCUT2D eigenvalue weighted by molar-refractivity contribution is 0.170. The highest BCUT2D eigenvalue weighted by Crippen LogP contribution is 2.27. The Morgan fingerprint density at radius 3 is 2.50 bits per heavy atom. The van der Waals surface area contributed by atoms with Crippen LogP contribution in [0.15, 0.2) is 36.7 Å². The number of piperidine rings is 2. The molecular formula is C22H30N4O2. The van der Waals surface area contributed by atoms with E-state index >= 15 is 0 Å². The van der Waals surface area contributed by atoms with Crippen molar-refractivity contribution in [3.63, 3.8) is 0 Å². The molecule has 1 N–H and O–H groups in total. The van der Waals surface area contributed by atoms with Gasteiger partial charge >= 0.3 is 0 Å². The summed E-state index contributed by atoms with van der Waals surface area (Å²) in [6.45, 7) is 5.08. The molecule has 0 amide bonds. The lowest BCUT2D eigenvalue weighted by atomic mass is 10.0. The van der Waals surface area contributed by atoms with E-state index in [1.165, 1.54) is 12.0 Å². The maximum absolute atomic E-state index is 9.70. The van der Waals surface area contributed by atoms with Crippen molar-refractivity contribution in [2.45, 2.75) is 51.2 Å². The number of anilines is 2. The highest BCUT2D eigenvalue weighted by Gasteiger charge is 2.25. The Morgan fingerprint density at radius 1 is 1.00 bits per heavy atom. The van der Waals surface area contributed by atoms with Crippen molar-refractivity contribution in [3.8, 4) is 5.75 Å². The molecule has 3 heterocycles. The molecule has 2 fully saturated rings. The van der Waals surface area contributed by atoms with E-state index in [-0.39, 0.29) is 18.8 Å². The summed E-state index contributed by atoms with van der Waals surface area (Å²) in [5, 5.41) is 9.70. The van der Waals surface area contributed by atoms with Gasteiger partial charge in [-0.2, -0.15) is 0 Å². The molecule has 6 heteroatoms. The second kappa shape index (κ2) is 8.78. The van der Waals surface area contributed by atoms with Crippen molar-refractivity contribution in [3.05, 3.63) is 42.2 Å². The molecule has 6 nitrogen and oxygen atoms in total. The lowest BCUT2D eigenvalue weighted by Crippen LogP contribution is -2.43. The van der Waals surface area contributed by atoms with E-state index in [1.807, 2.05) is 0 Å². The van der Waals surface area contributed by atoms with Gasteiger partial charge in [-0.15, -0.1) is 0 Å². The average Bonchev–Trinajstić information content (AvgIpc) is 2.76. The SMILES string of the molecule is Cc1ccc(OC2CCN(c3cc(N4CCCC[C@@H]4CO)ncn3)CC2)cc1. The topological polar surface area (TPSA) is 61.7 Å². The normalized spacial score (nSPS) is 21.0. The van der Waals surface area contributed by atoms with E-state index in [9.17, 15) is 5.11 Å². The lowest BCUT2D eigenvalue weighted by Gasteiger charge is -2.36. The molecule has 1 aromatic heterocycles. The van der Waals surface area contributed by atoms with Crippen LogP contribution in [0, 0.1) is 6.92 Å². The van der Waals surface area contributed by atoms with Crippen molar-refractivity contribution in [2.75, 3.05) is 36.0 Å². The largest absolute Gasteiger partial charge is 0.490 e. The molecule has 2 aliphatic rings. The van der Waals surface area contributed by atoms with Gasteiger partial charge in [0.05, 0.1) is 12.6 Å². The quantitative estimate of drug-likeness (QED) is 0.857. The van der Waals surface area contributed by atoms with Crippen LogP contribution in [0.3, 0.4) is 0 Å². The van der Waals surface area contributed by atoms with Crippen LogP contribution in [0.1, 0.15) is 37.7 Å². The number of benzene rings is 1. The maximum atomic E-state index is 9.70. The second-order valence-corrected chi connectivity index (χ2v) is 7.88. The molecule has 150 valence electrons. The molecule has 0 spiro atoms. The van der Waals surface area contributed by atoms with Gasteiger partial charge in [0.25, 0.3) is 0 Å². The summed E-state index contributed by atoms with van der Waals surface area (Å²) in [7, 11) is 0. The molecular weight excluding hydrogens is 352 g/mol. The van der Waals surface area contributed by atoms with Crippen molar-refractivity contribution in [2.24, 2.45) is 0 Å². The van der Waals surface area contributed by atoms with Gasteiger partial charge in [0.15, 0.2) is 0 Å². The highest BCUT2D eigenvalue weighted by atomic mass is 16.5. The van der Waals surface area contributed by atoms with Crippen molar-refractivity contribution >= 4 is 11.6 Å². The molecule has 2 aliphatic heterocycles. The molecule has 0 bridgehead atoms. The standard InChI is InChI=1S/C22H30N4O2/c1-17-5-7-19(8-6-17)28-20-9-12-25(13-10-20)21-14-22(24-16-23-21)26-11-3-2-4-18(26)15-27/h5-8,14,16,18,20,27H,2-4,9-13,15H2,1H3/t18-/m1/s1. The van der Waals surface area contributed by atoms with Gasteiger partial charge in [0.1, 0.15) is 29.8 Å². The fourth-order valence-corrected chi connectivity index (χ4v) is 4.17. The van der Waals surface area contributed by atoms with Gasteiger partial charge in [0, 0.05) is 38.5 Å². The van der Waals surface area contributed by atoms with Gasteiger partial charge in [-0.3, -0.25) is 0 Å². The second-order valence-electron chi connectivity index (χ2n) is 7.88. The van der Waals surface area contributed by atoms with Crippen LogP contribution in [0.4, 0.5) is 11.6 Å². The molecule has 0 radical (unpaired) electrons. The Labute approximate surface area is 167 Å². The summed E-state index contributed by atoms with van der Waals surface area (Å²) in [5.74, 6) is 2.86. The number of hydrogen-bond donors (Lipinski definition) is 1. The van der Waals surface area contributed by atoms with Crippen molar-refractivity contribution in [1.82, 2.24) is 9.97 Å². The van der Waals surface area contributed by atoms with E-state index in [1.54, 1.807) is 6.33 Å². The Hall–Kier alpha value is -2.34. The Morgan fingerprint density at radius 2 is 1.75 bits per heavy atom. The van der Waals surface area contributed by atoms with E-state index in [2.05, 4.69) is 57.0 Å². The number of aryl methyl sites for hydroxylation is 1. The first-order chi connectivity index (χ1) is 13.7. The number of aliphatic hydroxyl groups excluding tert-OH is 1. The maximum Gasteiger partial charge on any atom is 0.134 e. The highest BCUT2D eigenvalue weighted by molar-refractivity contribution is 5.51. The number of rotatable bonds is 5. The molecule has 4 rings (SSSR count). The van der Waals surface area contributed by atoms with Gasteiger partial charge in [-0.1, -0.05) is 17.7 Å². The smallest absolute Gasteiger partial charge is 0.134 e. The first kappa shape index (κ1) is 19.0.